The second-order valence-corrected chi connectivity index (χ2v) is 6.25. The molecule has 0 radical (unpaired) electrons. The number of benzene rings is 1. The summed E-state index contributed by atoms with van der Waals surface area (Å²) in [4.78, 5) is 14.2. The number of nitrogens with zero attached hydrogens (tertiary/aromatic N) is 1. The van der Waals surface area contributed by atoms with Crippen LogP contribution in [0.3, 0.4) is 0 Å². The van der Waals surface area contributed by atoms with Gasteiger partial charge in [0, 0.05) is 6.54 Å². The summed E-state index contributed by atoms with van der Waals surface area (Å²) in [5.41, 5.74) is 2.04. The number of hydrogen-bond donors (Lipinski definition) is 1. The van der Waals surface area contributed by atoms with Crippen LogP contribution >= 0.6 is 0 Å². The second kappa shape index (κ2) is 5.72. The average molecular weight is 341 g/mol. The molecular formula is C17H18F3NO3. The fourth-order valence-electron chi connectivity index (χ4n) is 3.52. The van der Waals surface area contributed by atoms with Gasteiger partial charge in [-0.1, -0.05) is 0 Å². The normalized spacial score (nSPS) is 20.8. The summed E-state index contributed by atoms with van der Waals surface area (Å²) >= 11 is 0. The fraction of sp³-hybridized carbons (Fsp3) is 0.471. The molecule has 4 nitrogen and oxygen atoms in total. The first-order valence-corrected chi connectivity index (χ1v) is 7.74. The maximum atomic E-state index is 12.6. The minimum absolute atomic E-state index is 0.0626. The van der Waals surface area contributed by atoms with Gasteiger partial charge in [0.2, 0.25) is 0 Å². The summed E-state index contributed by atoms with van der Waals surface area (Å²) in [5, 5.41) is 10.4. The Hall–Kier alpha value is -2.18. The van der Waals surface area contributed by atoms with E-state index in [1.54, 1.807) is 18.7 Å². The zero-order valence-corrected chi connectivity index (χ0v) is 13.4. The molecule has 2 aliphatic heterocycles. The van der Waals surface area contributed by atoms with Crippen LogP contribution < -0.4 is 4.74 Å². The van der Waals surface area contributed by atoms with Crippen LogP contribution in [0, 0.1) is 13.8 Å². The third kappa shape index (κ3) is 2.83. The number of halogens is 3. The van der Waals surface area contributed by atoms with Gasteiger partial charge in [-0.05, 0) is 55.5 Å². The van der Waals surface area contributed by atoms with E-state index < -0.39 is 12.8 Å². The van der Waals surface area contributed by atoms with Crippen molar-refractivity contribution in [2.75, 3.05) is 13.2 Å². The van der Waals surface area contributed by atoms with Gasteiger partial charge in [0.25, 0.3) is 5.91 Å². The average Bonchev–Trinajstić information content (AvgIpc) is 3.03. The largest absolute Gasteiger partial charge is 0.509 e. The minimum Gasteiger partial charge on any atom is -0.509 e. The molecule has 0 saturated carbocycles. The number of rotatable bonds is 3. The highest BCUT2D eigenvalue weighted by molar-refractivity contribution is 6.23. The van der Waals surface area contributed by atoms with Gasteiger partial charge in [0.05, 0.1) is 11.6 Å². The number of aryl methyl sites for hydroxylation is 2. The van der Waals surface area contributed by atoms with Crippen LogP contribution in [-0.4, -0.2) is 41.3 Å². The van der Waals surface area contributed by atoms with Crippen molar-refractivity contribution in [3.8, 4) is 5.75 Å². The van der Waals surface area contributed by atoms with E-state index >= 15 is 0 Å². The molecule has 24 heavy (non-hydrogen) atoms. The predicted molar refractivity (Wildman–Crippen MR) is 81.7 cm³/mol. The van der Waals surface area contributed by atoms with Gasteiger partial charge in [0.15, 0.2) is 6.61 Å². The summed E-state index contributed by atoms with van der Waals surface area (Å²) in [6, 6.07) is 2.66. The second-order valence-electron chi connectivity index (χ2n) is 6.25. The molecular weight excluding hydrogens is 323 g/mol. The number of carbonyl (C=O) groups is 1. The zero-order chi connectivity index (χ0) is 17.6. The Morgan fingerprint density at radius 1 is 1.29 bits per heavy atom. The lowest BCUT2D eigenvalue weighted by Gasteiger charge is -2.16. The first-order valence-electron chi connectivity index (χ1n) is 7.74. The van der Waals surface area contributed by atoms with Gasteiger partial charge in [-0.25, -0.2) is 0 Å². The van der Waals surface area contributed by atoms with Crippen molar-refractivity contribution in [2.45, 2.75) is 38.9 Å². The van der Waals surface area contributed by atoms with E-state index in [2.05, 4.69) is 0 Å². The molecule has 1 aromatic carbocycles. The standard InChI is InChI=1S/C17H18F3NO3/c1-9-6-11(24-8-17(18,19)20)7-10(2)13(9)14-15(22)12-4-3-5-21(12)16(14)23/h6-7,12,22H,3-5,8H2,1-2H3. The van der Waals surface area contributed by atoms with Gasteiger partial charge in [-0.3, -0.25) is 4.79 Å². The molecule has 0 spiro atoms. The summed E-state index contributed by atoms with van der Waals surface area (Å²) < 4.78 is 41.6. The molecule has 0 bridgehead atoms. The fourth-order valence-corrected chi connectivity index (χ4v) is 3.52. The molecule has 0 aliphatic carbocycles. The van der Waals surface area contributed by atoms with E-state index in [1.165, 1.54) is 12.1 Å². The highest BCUT2D eigenvalue weighted by Gasteiger charge is 2.43. The lowest BCUT2D eigenvalue weighted by Crippen LogP contribution is -2.29. The molecule has 7 heteroatoms. The number of amides is 1. The van der Waals surface area contributed by atoms with Crippen LogP contribution in [0.2, 0.25) is 0 Å². The van der Waals surface area contributed by atoms with Crippen LogP contribution in [-0.2, 0) is 4.79 Å². The summed E-state index contributed by atoms with van der Waals surface area (Å²) in [5.74, 6) is -0.0602. The Balaban J connectivity index is 1.95. The Kier molecular flexibility index (Phi) is 3.97. The molecule has 1 fully saturated rings. The van der Waals surface area contributed by atoms with Crippen molar-refractivity contribution in [3.63, 3.8) is 0 Å². The highest BCUT2D eigenvalue weighted by atomic mass is 19.4. The Morgan fingerprint density at radius 2 is 1.92 bits per heavy atom. The molecule has 3 rings (SSSR count). The molecule has 1 aromatic rings. The van der Waals surface area contributed by atoms with Crippen molar-refractivity contribution < 1.29 is 27.8 Å². The first-order chi connectivity index (χ1) is 11.2. The van der Waals surface area contributed by atoms with Crippen molar-refractivity contribution >= 4 is 11.5 Å². The van der Waals surface area contributed by atoms with E-state index in [4.69, 9.17) is 4.74 Å². The third-order valence-electron chi connectivity index (χ3n) is 4.46. The number of aliphatic hydroxyl groups is 1. The third-order valence-corrected chi connectivity index (χ3v) is 4.46. The number of ether oxygens (including phenoxy) is 1. The minimum atomic E-state index is -4.41. The van der Waals surface area contributed by atoms with Gasteiger partial charge in [-0.2, -0.15) is 13.2 Å². The number of fused-ring (bicyclic) bond motifs is 1. The quantitative estimate of drug-likeness (QED) is 0.915. The van der Waals surface area contributed by atoms with Crippen LogP contribution in [0.25, 0.3) is 5.57 Å². The molecule has 130 valence electrons. The summed E-state index contributed by atoms with van der Waals surface area (Å²) in [6.45, 7) is 2.63. The van der Waals surface area contributed by atoms with Crippen LogP contribution in [0.5, 0.6) is 5.75 Å². The molecule has 2 aliphatic rings. The summed E-state index contributed by atoms with van der Waals surface area (Å²) in [7, 11) is 0. The van der Waals surface area contributed by atoms with E-state index in [0.717, 1.165) is 12.8 Å². The van der Waals surface area contributed by atoms with E-state index in [0.29, 0.717) is 23.2 Å². The van der Waals surface area contributed by atoms with Crippen molar-refractivity contribution in [2.24, 2.45) is 0 Å². The molecule has 1 N–H and O–H groups in total. The van der Waals surface area contributed by atoms with Crippen molar-refractivity contribution in [1.82, 2.24) is 4.90 Å². The molecule has 1 unspecified atom stereocenters. The number of aliphatic hydroxyl groups excluding tert-OH is 1. The first kappa shape index (κ1) is 16.7. The lowest BCUT2D eigenvalue weighted by molar-refractivity contribution is -0.153. The van der Waals surface area contributed by atoms with Crippen LogP contribution in [0.1, 0.15) is 29.5 Å². The monoisotopic (exact) mass is 341 g/mol. The topological polar surface area (TPSA) is 49.8 Å². The van der Waals surface area contributed by atoms with Gasteiger partial charge >= 0.3 is 6.18 Å². The molecule has 1 amide bonds. The Labute approximate surface area is 137 Å². The lowest BCUT2D eigenvalue weighted by atomic mass is 9.94. The van der Waals surface area contributed by atoms with Gasteiger partial charge in [-0.15, -0.1) is 0 Å². The number of alkyl halides is 3. The SMILES string of the molecule is Cc1cc(OCC(F)(F)F)cc(C)c1C1=C(O)C2CCCN2C1=O. The van der Waals surface area contributed by atoms with Gasteiger partial charge < -0.3 is 14.7 Å². The molecule has 1 atom stereocenters. The highest BCUT2D eigenvalue weighted by Crippen LogP contribution is 2.40. The molecule has 2 heterocycles. The Bertz CT molecular complexity index is 701. The van der Waals surface area contributed by atoms with Crippen LogP contribution in [0.4, 0.5) is 13.2 Å². The van der Waals surface area contributed by atoms with E-state index in [9.17, 15) is 23.1 Å². The van der Waals surface area contributed by atoms with Crippen LogP contribution in [0.15, 0.2) is 17.9 Å². The molecule has 0 aromatic heterocycles. The van der Waals surface area contributed by atoms with Gasteiger partial charge in [0.1, 0.15) is 11.5 Å². The smallest absolute Gasteiger partial charge is 0.422 e. The summed E-state index contributed by atoms with van der Waals surface area (Å²) in [6.07, 6.45) is -2.82. The molecule has 1 saturated heterocycles. The Morgan fingerprint density at radius 3 is 2.46 bits per heavy atom. The number of hydrogen-bond acceptors (Lipinski definition) is 3. The maximum Gasteiger partial charge on any atom is 0.422 e. The van der Waals surface area contributed by atoms with E-state index in [1.807, 2.05) is 0 Å². The maximum absolute atomic E-state index is 12.6. The predicted octanol–water partition coefficient (Wildman–Crippen LogP) is 3.52. The number of carbonyl (C=O) groups excluding carboxylic acids is 1. The van der Waals surface area contributed by atoms with E-state index in [-0.39, 0.29) is 29.0 Å². The zero-order valence-electron chi connectivity index (χ0n) is 13.4. The van der Waals surface area contributed by atoms with Crippen molar-refractivity contribution in [3.05, 3.63) is 34.6 Å². The van der Waals surface area contributed by atoms with Crippen molar-refractivity contribution in [1.29, 1.82) is 0 Å².